The minimum absolute atomic E-state index is 0.00703. The van der Waals surface area contributed by atoms with E-state index in [0.29, 0.717) is 0 Å². The van der Waals surface area contributed by atoms with Crippen molar-refractivity contribution in [2.45, 2.75) is 48.5 Å². The van der Waals surface area contributed by atoms with E-state index < -0.39 is 0 Å². The van der Waals surface area contributed by atoms with Crippen molar-refractivity contribution in [3.63, 3.8) is 0 Å². The SMILES string of the molecule is Cc1cc(C)c(B(c2c(C)cc(-n3c4ccccc4c4c3ccc3c5ccccc5n(-c5ccccc5)c34)cc2C)c2c(C)cc(-n3c4ccccc4c4c3ccc3c5ccccc5n(-c5ccccc5)c34)cc2C)c(C)c1. The van der Waals surface area contributed by atoms with Crippen molar-refractivity contribution < 1.29 is 0 Å². The van der Waals surface area contributed by atoms with Crippen molar-refractivity contribution in [3.05, 3.63) is 257 Å². The van der Waals surface area contributed by atoms with Gasteiger partial charge < -0.3 is 18.3 Å². The van der Waals surface area contributed by atoms with Gasteiger partial charge in [0, 0.05) is 65.8 Å². The average molecular weight is 1000 g/mol. The lowest BCUT2D eigenvalue weighted by Crippen LogP contribution is -2.57. The molecule has 0 N–H and O–H groups in total. The van der Waals surface area contributed by atoms with Crippen LogP contribution in [0.25, 0.3) is 110 Å². The molecule has 0 aliphatic heterocycles. The zero-order valence-corrected chi connectivity index (χ0v) is 45.2. The van der Waals surface area contributed by atoms with Crippen LogP contribution in [0, 0.1) is 48.5 Å². The van der Waals surface area contributed by atoms with Gasteiger partial charge in [0.15, 0.2) is 0 Å². The second-order valence-electron chi connectivity index (χ2n) is 22.0. The van der Waals surface area contributed by atoms with Crippen LogP contribution in [0.2, 0.25) is 0 Å². The first-order chi connectivity index (χ1) is 38.1. The van der Waals surface area contributed by atoms with Gasteiger partial charge in [-0.2, -0.15) is 0 Å². The third-order valence-electron chi connectivity index (χ3n) is 17.2. The molecular weight excluding hydrogens is 944 g/mol. The van der Waals surface area contributed by atoms with Crippen LogP contribution in [0.1, 0.15) is 38.9 Å². The summed E-state index contributed by atoms with van der Waals surface area (Å²) >= 11 is 0. The highest BCUT2D eigenvalue weighted by molar-refractivity contribution is 6.97. The lowest BCUT2D eigenvalue weighted by atomic mass is 9.33. The van der Waals surface area contributed by atoms with E-state index in [0.717, 1.165) is 11.4 Å². The van der Waals surface area contributed by atoms with E-state index >= 15 is 0 Å². The van der Waals surface area contributed by atoms with Gasteiger partial charge in [-0.25, -0.2) is 0 Å². The largest absolute Gasteiger partial charge is 0.309 e. The number of aryl methyl sites for hydroxylation is 7. The minimum Gasteiger partial charge on any atom is -0.309 e. The first kappa shape index (κ1) is 46.0. The minimum atomic E-state index is -0.00703. The van der Waals surface area contributed by atoms with E-state index in [1.165, 1.54) is 154 Å². The quantitative estimate of drug-likeness (QED) is 0.142. The van der Waals surface area contributed by atoms with Crippen molar-refractivity contribution >= 4 is 110 Å². The predicted octanol–water partition coefficient (Wildman–Crippen LogP) is 16.8. The van der Waals surface area contributed by atoms with E-state index in [1.54, 1.807) is 0 Å². The Bertz CT molecular complexity index is 4630. The maximum absolute atomic E-state index is 2.52. The van der Waals surface area contributed by atoms with Gasteiger partial charge in [0.2, 0.25) is 6.71 Å². The molecule has 5 heteroatoms. The maximum Gasteiger partial charge on any atom is 0.243 e. The summed E-state index contributed by atoms with van der Waals surface area (Å²) in [6, 6.07) is 81.4. The Morgan fingerprint density at radius 2 is 0.551 bits per heavy atom. The van der Waals surface area contributed by atoms with Gasteiger partial charge in [-0.15, -0.1) is 0 Å². The number of nitrogens with zero attached hydrogens (tertiary/aromatic N) is 4. The molecule has 0 saturated heterocycles. The summed E-state index contributed by atoms with van der Waals surface area (Å²) in [7, 11) is 0. The predicted molar refractivity (Wildman–Crippen MR) is 334 cm³/mol. The monoisotopic (exact) mass is 1000 g/mol. The Morgan fingerprint density at radius 1 is 0.244 bits per heavy atom. The molecule has 15 aromatic rings. The summed E-state index contributed by atoms with van der Waals surface area (Å²) in [5, 5.41) is 10.1. The molecule has 0 atom stereocenters. The number of para-hydroxylation sites is 6. The van der Waals surface area contributed by atoms with Crippen LogP contribution in [-0.4, -0.2) is 25.0 Å². The van der Waals surface area contributed by atoms with Crippen LogP contribution in [0.15, 0.2) is 218 Å². The number of hydrogen-bond donors (Lipinski definition) is 0. The standard InChI is InChI=1S/C73H57BN4/c1-44-38-45(2)69(46(3)39-44)74(70-47(4)40-53(41-48(70)5)75-63-32-20-16-28-59(63)67-65(75)36-34-57-55-26-14-18-30-61(55)77(72(57)67)51-22-10-8-11-23-51)71-49(6)42-54(43-50(71)7)76-64-33-21-17-29-60(64)68-66(76)37-35-58-56-27-15-19-31-62(56)78(73(58)68)52-24-12-9-13-25-52/h8-43H,1-7H3. The molecule has 11 aromatic carbocycles. The molecule has 4 heterocycles. The lowest BCUT2D eigenvalue weighted by Gasteiger charge is -2.28. The van der Waals surface area contributed by atoms with Crippen molar-refractivity contribution in [2.75, 3.05) is 0 Å². The number of hydrogen-bond acceptors (Lipinski definition) is 0. The fourth-order valence-corrected chi connectivity index (χ4v) is 14.4. The second kappa shape index (κ2) is 17.4. The Balaban J connectivity index is 0.941. The number of rotatable bonds is 7. The van der Waals surface area contributed by atoms with Gasteiger partial charge in [0.05, 0.1) is 44.1 Å². The van der Waals surface area contributed by atoms with Gasteiger partial charge >= 0.3 is 0 Å². The molecular formula is C73H57BN4. The topological polar surface area (TPSA) is 19.7 Å². The van der Waals surface area contributed by atoms with Crippen LogP contribution in [0.3, 0.4) is 0 Å². The molecule has 0 bridgehead atoms. The lowest BCUT2D eigenvalue weighted by molar-refractivity contribution is 1.16. The summed E-state index contributed by atoms with van der Waals surface area (Å²) in [5.74, 6) is 0. The highest BCUT2D eigenvalue weighted by atomic mass is 15.0. The fraction of sp³-hybridized carbons (Fsp3) is 0.0959. The third kappa shape index (κ3) is 6.61. The van der Waals surface area contributed by atoms with Gasteiger partial charge in [-0.3, -0.25) is 0 Å². The van der Waals surface area contributed by atoms with Gasteiger partial charge in [-0.1, -0.05) is 189 Å². The summed E-state index contributed by atoms with van der Waals surface area (Å²) < 4.78 is 9.98. The molecule has 78 heavy (non-hydrogen) atoms. The van der Waals surface area contributed by atoms with E-state index in [4.69, 9.17) is 0 Å². The maximum atomic E-state index is 2.52. The molecule has 372 valence electrons. The molecule has 0 spiro atoms. The molecule has 0 aliphatic rings. The molecule has 0 radical (unpaired) electrons. The first-order valence-corrected chi connectivity index (χ1v) is 27.5. The molecule has 15 rings (SSSR count). The zero-order valence-electron chi connectivity index (χ0n) is 45.2. The van der Waals surface area contributed by atoms with Crippen LogP contribution < -0.4 is 16.4 Å². The van der Waals surface area contributed by atoms with E-state index in [2.05, 4.69) is 285 Å². The van der Waals surface area contributed by atoms with E-state index in [-0.39, 0.29) is 6.71 Å². The summed E-state index contributed by atoms with van der Waals surface area (Å²) in [5.41, 5.74) is 27.6. The summed E-state index contributed by atoms with van der Waals surface area (Å²) in [6.45, 7) is 16.3. The number of aromatic nitrogens is 4. The highest BCUT2D eigenvalue weighted by Crippen LogP contribution is 2.44. The van der Waals surface area contributed by atoms with Crippen LogP contribution in [0.5, 0.6) is 0 Å². The van der Waals surface area contributed by atoms with E-state index in [1.807, 2.05) is 0 Å². The van der Waals surface area contributed by atoms with Crippen molar-refractivity contribution in [2.24, 2.45) is 0 Å². The molecule has 0 saturated carbocycles. The second-order valence-corrected chi connectivity index (χ2v) is 22.0. The van der Waals surface area contributed by atoms with Crippen LogP contribution >= 0.6 is 0 Å². The highest BCUT2D eigenvalue weighted by Gasteiger charge is 2.33. The average Bonchev–Trinajstić information content (AvgIpc) is 4.39. The summed E-state index contributed by atoms with van der Waals surface area (Å²) in [4.78, 5) is 0. The Morgan fingerprint density at radius 3 is 0.923 bits per heavy atom. The zero-order chi connectivity index (χ0) is 52.7. The van der Waals surface area contributed by atoms with Crippen LogP contribution in [-0.2, 0) is 0 Å². The smallest absolute Gasteiger partial charge is 0.243 e. The number of fused-ring (bicyclic) bond motifs is 14. The van der Waals surface area contributed by atoms with Gasteiger partial charge in [-0.05, 0) is 133 Å². The molecule has 0 amide bonds. The molecule has 4 nitrogen and oxygen atoms in total. The van der Waals surface area contributed by atoms with Crippen LogP contribution in [0.4, 0.5) is 0 Å². The van der Waals surface area contributed by atoms with Crippen molar-refractivity contribution in [1.82, 2.24) is 18.3 Å². The third-order valence-corrected chi connectivity index (χ3v) is 17.2. The normalized spacial score (nSPS) is 12.0. The molecule has 0 unspecified atom stereocenters. The molecule has 0 fully saturated rings. The Labute approximate surface area is 454 Å². The molecule has 4 aromatic heterocycles. The Hall–Kier alpha value is -9.32. The van der Waals surface area contributed by atoms with Gasteiger partial charge in [0.1, 0.15) is 0 Å². The Kier molecular flexibility index (Phi) is 10.2. The van der Waals surface area contributed by atoms with Crippen molar-refractivity contribution in [3.8, 4) is 22.7 Å². The van der Waals surface area contributed by atoms with E-state index in [9.17, 15) is 0 Å². The summed E-state index contributed by atoms with van der Waals surface area (Å²) in [6.07, 6.45) is 0. The number of benzene rings is 11. The molecule has 0 aliphatic carbocycles. The fourth-order valence-electron chi connectivity index (χ4n) is 14.4. The van der Waals surface area contributed by atoms with Gasteiger partial charge in [0.25, 0.3) is 0 Å². The van der Waals surface area contributed by atoms with Crippen molar-refractivity contribution in [1.29, 1.82) is 0 Å². The first-order valence-electron chi connectivity index (χ1n) is 27.5.